The van der Waals surface area contributed by atoms with Crippen LogP contribution in [0, 0.1) is 6.92 Å². The van der Waals surface area contributed by atoms with Crippen molar-refractivity contribution in [1.82, 2.24) is 9.97 Å². The van der Waals surface area contributed by atoms with Crippen molar-refractivity contribution in [2.24, 2.45) is 0 Å². The van der Waals surface area contributed by atoms with Gasteiger partial charge in [-0.2, -0.15) is 0 Å². The molecule has 0 atom stereocenters. The Bertz CT molecular complexity index is 454. The Balaban J connectivity index is 3.13. The molecule has 0 amide bonds. The van der Waals surface area contributed by atoms with Crippen LogP contribution >= 0.6 is 0 Å². The van der Waals surface area contributed by atoms with Crippen LogP contribution in [0.25, 0.3) is 0 Å². The fraction of sp³-hybridized carbons (Fsp3) is 0.750. The second kappa shape index (κ2) is 7.59. The predicted octanol–water partition coefficient (Wildman–Crippen LogP) is 2.99. The molecule has 0 spiro atoms. The van der Waals surface area contributed by atoms with Crippen LogP contribution in [-0.2, 0) is 10.2 Å². The van der Waals surface area contributed by atoms with E-state index >= 15 is 0 Å². The first-order valence-electron chi connectivity index (χ1n) is 7.64. The third-order valence-electron chi connectivity index (χ3n) is 3.34. The highest BCUT2D eigenvalue weighted by atomic mass is 16.5. The monoisotopic (exact) mass is 294 g/mol. The lowest BCUT2D eigenvalue weighted by molar-refractivity contribution is 0.196. The molecule has 0 aromatic carbocycles. The van der Waals surface area contributed by atoms with E-state index in [2.05, 4.69) is 51.9 Å². The number of nitrogens with zero attached hydrogens (tertiary/aromatic N) is 3. The van der Waals surface area contributed by atoms with E-state index in [0.29, 0.717) is 0 Å². The van der Waals surface area contributed by atoms with Gasteiger partial charge in [0.25, 0.3) is 0 Å². The molecule has 0 bridgehead atoms. The summed E-state index contributed by atoms with van der Waals surface area (Å²) in [5.41, 5.74) is 1.03. The number of methoxy groups -OCH3 is 1. The summed E-state index contributed by atoms with van der Waals surface area (Å²) >= 11 is 0. The zero-order valence-electron chi connectivity index (χ0n) is 14.6. The normalized spacial score (nSPS) is 11.6. The maximum atomic E-state index is 5.13. The molecule has 0 saturated heterocycles. The maximum Gasteiger partial charge on any atom is 0.138 e. The molecular weight excluding hydrogens is 264 g/mol. The summed E-state index contributed by atoms with van der Waals surface area (Å²) in [5.74, 6) is 2.81. The van der Waals surface area contributed by atoms with Gasteiger partial charge < -0.3 is 15.0 Å². The molecule has 21 heavy (non-hydrogen) atoms. The molecular formula is C16H30N4O. The minimum absolute atomic E-state index is 0.0695. The summed E-state index contributed by atoms with van der Waals surface area (Å²) in [6.45, 7) is 13.1. The quantitative estimate of drug-likeness (QED) is 0.783. The van der Waals surface area contributed by atoms with E-state index in [1.807, 2.05) is 0 Å². The van der Waals surface area contributed by atoms with Crippen molar-refractivity contribution in [3.8, 4) is 0 Å². The smallest absolute Gasteiger partial charge is 0.138 e. The largest absolute Gasteiger partial charge is 0.385 e. The molecule has 1 heterocycles. The highest BCUT2D eigenvalue weighted by Gasteiger charge is 2.22. The van der Waals surface area contributed by atoms with Crippen LogP contribution in [0.4, 0.5) is 11.6 Å². The number of aromatic nitrogens is 2. The van der Waals surface area contributed by atoms with Gasteiger partial charge in [0.15, 0.2) is 0 Å². The predicted molar refractivity (Wildman–Crippen MR) is 89.4 cm³/mol. The lowest BCUT2D eigenvalue weighted by Crippen LogP contribution is -2.26. The van der Waals surface area contributed by atoms with Gasteiger partial charge in [0.05, 0.1) is 0 Å². The van der Waals surface area contributed by atoms with Crippen LogP contribution in [0.1, 0.15) is 45.5 Å². The van der Waals surface area contributed by atoms with Crippen molar-refractivity contribution in [2.45, 2.75) is 46.5 Å². The molecule has 120 valence electrons. The van der Waals surface area contributed by atoms with Crippen molar-refractivity contribution in [3.63, 3.8) is 0 Å². The SMILES string of the molecule is CCNc1nc(C(C)(C)C)nc(N(C)CCCOC)c1C. The minimum atomic E-state index is -0.0695. The second-order valence-electron chi connectivity index (χ2n) is 6.39. The molecule has 1 aromatic rings. The molecule has 1 aromatic heterocycles. The zero-order valence-corrected chi connectivity index (χ0v) is 14.6. The standard InChI is InChI=1S/C16H30N4O/c1-8-17-13-12(2)14(20(6)10-9-11-21-7)19-15(18-13)16(3,4)5/h8-11H2,1-7H3,(H,17,18,19). The van der Waals surface area contributed by atoms with Gasteiger partial charge in [0, 0.05) is 44.8 Å². The van der Waals surface area contributed by atoms with Crippen molar-refractivity contribution in [3.05, 3.63) is 11.4 Å². The number of rotatable bonds is 7. The molecule has 5 nitrogen and oxygen atoms in total. The van der Waals surface area contributed by atoms with Crippen LogP contribution in [0.15, 0.2) is 0 Å². The van der Waals surface area contributed by atoms with Gasteiger partial charge >= 0.3 is 0 Å². The van der Waals surface area contributed by atoms with Gasteiger partial charge in [-0.3, -0.25) is 0 Å². The molecule has 0 saturated carbocycles. The Morgan fingerprint density at radius 2 is 1.90 bits per heavy atom. The van der Waals surface area contributed by atoms with Crippen molar-refractivity contribution < 1.29 is 4.74 Å². The van der Waals surface area contributed by atoms with Crippen LogP contribution in [0.3, 0.4) is 0 Å². The van der Waals surface area contributed by atoms with Crippen molar-refractivity contribution in [1.29, 1.82) is 0 Å². The third kappa shape index (κ3) is 4.84. The zero-order chi connectivity index (χ0) is 16.0. The van der Waals surface area contributed by atoms with Gasteiger partial charge in [0.2, 0.25) is 0 Å². The first kappa shape index (κ1) is 17.7. The van der Waals surface area contributed by atoms with Crippen LogP contribution in [-0.4, -0.2) is 43.8 Å². The Hall–Kier alpha value is -1.36. The highest BCUT2D eigenvalue weighted by molar-refractivity contribution is 5.58. The molecule has 0 fully saturated rings. The first-order chi connectivity index (χ1) is 9.81. The number of nitrogens with one attached hydrogen (secondary N) is 1. The highest BCUT2D eigenvalue weighted by Crippen LogP contribution is 2.28. The van der Waals surface area contributed by atoms with E-state index in [4.69, 9.17) is 14.7 Å². The Morgan fingerprint density at radius 3 is 2.43 bits per heavy atom. The molecule has 0 unspecified atom stereocenters. The third-order valence-corrected chi connectivity index (χ3v) is 3.34. The minimum Gasteiger partial charge on any atom is -0.385 e. The van der Waals surface area contributed by atoms with Crippen LogP contribution in [0.2, 0.25) is 0 Å². The summed E-state index contributed by atoms with van der Waals surface area (Å²) in [7, 11) is 3.81. The average Bonchev–Trinajstić information content (AvgIpc) is 2.40. The van der Waals surface area contributed by atoms with Crippen molar-refractivity contribution >= 4 is 11.6 Å². The second-order valence-corrected chi connectivity index (χ2v) is 6.39. The molecule has 1 N–H and O–H groups in total. The molecule has 1 rings (SSSR count). The summed E-state index contributed by atoms with van der Waals surface area (Å²) < 4.78 is 5.13. The van der Waals surface area contributed by atoms with Gasteiger partial charge in [-0.05, 0) is 20.3 Å². The topological polar surface area (TPSA) is 50.3 Å². The molecule has 5 heteroatoms. The molecule has 0 aliphatic carbocycles. The summed E-state index contributed by atoms with van der Waals surface area (Å²) in [4.78, 5) is 11.7. The number of ether oxygens (including phenoxy) is 1. The number of anilines is 2. The first-order valence-corrected chi connectivity index (χ1v) is 7.64. The molecule has 0 aliphatic rings. The number of hydrogen-bond donors (Lipinski definition) is 1. The van der Waals surface area contributed by atoms with E-state index in [1.54, 1.807) is 7.11 Å². The van der Waals surface area contributed by atoms with E-state index in [0.717, 1.165) is 49.1 Å². The van der Waals surface area contributed by atoms with E-state index < -0.39 is 0 Å². The van der Waals surface area contributed by atoms with Crippen LogP contribution in [0.5, 0.6) is 0 Å². The lowest BCUT2D eigenvalue weighted by atomic mass is 9.95. The lowest BCUT2D eigenvalue weighted by Gasteiger charge is -2.25. The van der Waals surface area contributed by atoms with E-state index in [-0.39, 0.29) is 5.41 Å². The summed E-state index contributed by atoms with van der Waals surface area (Å²) in [5, 5.41) is 3.35. The van der Waals surface area contributed by atoms with Gasteiger partial charge in [0.1, 0.15) is 17.5 Å². The van der Waals surface area contributed by atoms with E-state index in [1.165, 1.54) is 0 Å². The Labute approximate surface area is 129 Å². The van der Waals surface area contributed by atoms with E-state index in [9.17, 15) is 0 Å². The van der Waals surface area contributed by atoms with Crippen LogP contribution < -0.4 is 10.2 Å². The Kier molecular flexibility index (Phi) is 6.40. The fourth-order valence-electron chi connectivity index (χ4n) is 2.10. The van der Waals surface area contributed by atoms with Gasteiger partial charge in [-0.25, -0.2) is 9.97 Å². The molecule has 0 radical (unpaired) electrons. The van der Waals surface area contributed by atoms with Crippen molar-refractivity contribution in [2.75, 3.05) is 44.1 Å². The van der Waals surface area contributed by atoms with Gasteiger partial charge in [-0.15, -0.1) is 0 Å². The van der Waals surface area contributed by atoms with Gasteiger partial charge in [-0.1, -0.05) is 20.8 Å². The molecule has 0 aliphatic heterocycles. The maximum absolute atomic E-state index is 5.13. The summed E-state index contributed by atoms with van der Waals surface area (Å²) in [6.07, 6.45) is 0.984. The fourth-order valence-corrected chi connectivity index (χ4v) is 2.10. The number of hydrogen-bond acceptors (Lipinski definition) is 5. The summed E-state index contributed by atoms with van der Waals surface area (Å²) in [6, 6.07) is 0. The Morgan fingerprint density at radius 1 is 1.24 bits per heavy atom. The average molecular weight is 294 g/mol.